The minimum Gasteiger partial charge on any atom is -0.378 e. The third kappa shape index (κ3) is 4.08. The van der Waals surface area contributed by atoms with E-state index in [0.29, 0.717) is 6.04 Å². The predicted octanol–water partition coefficient (Wildman–Crippen LogP) is 3.87. The lowest BCUT2D eigenvalue weighted by molar-refractivity contribution is 0.592. The van der Waals surface area contributed by atoms with Crippen LogP contribution < -0.4 is 10.2 Å². The molecule has 0 spiro atoms. The maximum atomic E-state index is 3.44. The Morgan fingerprint density at radius 2 is 1.52 bits per heavy atom. The summed E-state index contributed by atoms with van der Waals surface area (Å²) in [6.07, 6.45) is 1.01. The first-order valence-corrected chi connectivity index (χ1v) is 7.51. The molecule has 2 aromatic carbocycles. The zero-order valence-electron chi connectivity index (χ0n) is 13.8. The molecule has 0 amide bonds. The number of hydrogen-bond donors (Lipinski definition) is 1. The third-order valence-corrected chi connectivity index (χ3v) is 3.88. The van der Waals surface area contributed by atoms with Crippen molar-refractivity contribution in [2.24, 2.45) is 0 Å². The highest BCUT2D eigenvalue weighted by molar-refractivity contribution is 5.46. The van der Waals surface area contributed by atoms with Gasteiger partial charge in [-0.2, -0.15) is 0 Å². The molecular formula is C19H26N2. The Morgan fingerprint density at radius 3 is 2.00 bits per heavy atom. The van der Waals surface area contributed by atoms with Crippen molar-refractivity contribution >= 4 is 5.69 Å². The largest absolute Gasteiger partial charge is 0.378 e. The van der Waals surface area contributed by atoms with Crippen molar-refractivity contribution in [3.63, 3.8) is 0 Å². The SMILES string of the molecule is CNC(Cc1cc(C)cc(C)c1)c1ccc(N(C)C)cc1. The van der Waals surface area contributed by atoms with Crippen molar-refractivity contribution in [1.82, 2.24) is 5.32 Å². The summed E-state index contributed by atoms with van der Waals surface area (Å²) < 4.78 is 0. The number of hydrogen-bond acceptors (Lipinski definition) is 2. The average Bonchev–Trinajstić information content (AvgIpc) is 2.44. The number of likely N-dealkylation sites (N-methyl/N-ethyl adjacent to an activating group) is 1. The van der Waals surface area contributed by atoms with Crippen molar-refractivity contribution in [3.8, 4) is 0 Å². The van der Waals surface area contributed by atoms with Gasteiger partial charge in [0.2, 0.25) is 0 Å². The van der Waals surface area contributed by atoms with E-state index in [2.05, 4.69) is 80.6 Å². The fourth-order valence-electron chi connectivity index (χ4n) is 2.81. The second-order valence-corrected chi connectivity index (χ2v) is 6.03. The molecule has 0 radical (unpaired) electrons. The summed E-state index contributed by atoms with van der Waals surface area (Å²) >= 11 is 0. The van der Waals surface area contributed by atoms with Gasteiger partial charge in [-0.3, -0.25) is 0 Å². The second kappa shape index (κ2) is 6.77. The molecule has 0 fully saturated rings. The van der Waals surface area contributed by atoms with Crippen LogP contribution in [-0.2, 0) is 6.42 Å². The molecule has 2 nitrogen and oxygen atoms in total. The first-order chi connectivity index (χ1) is 9.99. The van der Waals surface area contributed by atoms with Crippen molar-refractivity contribution in [2.75, 3.05) is 26.0 Å². The van der Waals surface area contributed by atoms with E-state index in [4.69, 9.17) is 0 Å². The molecule has 0 bridgehead atoms. The lowest BCUT2D eigenvalue weighted by Gasteiger charge is -2.19. The number of nitrogens with zero attached hydrogens (tertiary/aromatic N) is 1. The molecule has 0 saturated heterocycles. The topological polar surface area (TPSA) is 15.3 Å². The van der Waals surface area contributed by atoms with Crippen LogP contribution in [-0.4, -0.2) is 21.1 Å². The van der Waals surface area contributed by atoms with Crippen LogP contribution in [0.4, 0.5) is 5.69 Å². The zero-order chi connectivity index (χ0) is 15.4. The Labute approximate surface area is 128 Å². The highest BCUT2D eigenvalue weighted by Gasteiger charge is 2.11. The molecular weight excluding hydrogens is 256 g/mol. The van der Waals surface area contributed by atoms with Crippen molar-refractivity contribution in [3.05, 3.63) is 64.7 Å². The second-order valence-electron chi connectivity index (χ2n) is 6.03. The van der Waals surface area contributed by atoms with Crippen LogP contribution in [0, 0.1) is 13.8 Å². The lowest BCUT2D eigenvalue weighted by Crippen LogP contribution is -2.19. The van der Waals surface area contributed by atoms with Crippen LogP contribution >= 0.6 is 0 Å². The fourth-order valence-corrected chi connectivity index (χ4v) is 2.81. The predicted molar refractivity (Wildman–Crippen MR) is 92.2 cm³/mol. The normalized spacial score (nSPS) is 12.2. The smallest absolute Gasteiger partial charge is 0.0361 e. The molecule has 112 valence electrons. The average molecular weight is 282 g/mol. The Balaban J connectivity index is 2.19. The summed E-state index contributed by atoms with van der Waals surface area (Å²) in [6, 6.07) is 15.9. The van der Waals surface area contributed by atoms with E-state index >= 15 is 0 Å². The van der Waals surface area contributed by atoms with Crippen LogP contribution in [0.2, 0.25) is 0 Å². The molecule has 0 aliphatic rings. The van der Waals surface area contributed by atoms with Crippen LogP contribution in [0.3, 0.4) is 0 Å². The van der Waals surface area contributed by atoms with Gasteiger partial charge in [-0.15, -0.1) is 0 Å². The molecule has 1 atom stereocenters. The van der Waals surface area contributed by atoms with E-state index in [1.54, 1.807) is 0 Å². The van der Waals surface area contributed by atoms with Crippen molar-refractivity contribution in [2.45, 2.75) is 26.3 Å². The first kappa shape index (κ1) is 15.6. The fraction of sp³-hybridized carbons (Fsp3) is 0.368. The summed E-state index contributed by atoms with van der Waals surface area (Å²) in [7, 11) is 6.17. The van der Waals surface area contributed by atoms with E-state index in [9.17, 15) is 0 Å². The Morgan fingerprint density at radius 1 is 0.952 bits per heavy atom. The molecule has 0 saturated carbocycles. The van der Waals surface area contributed by atoms with Crippen molar-refractivity contribution < 1.29 is 0 Å². The minimum atomic E-state index is 0.349. The quantitative estimate of drug-likeness (QED) is 0.895. The number of rotatable bonds is 5. The Bertz CT molecular complexity index is 565. The van der Waals surface area contributed by atoms with Crippen LogP contribution in [0.5, 0.6) is 0 Å². The Kier molecular flexibility index (Phi) is 5.03. The van der Waals surface area contributed by atoms with Gasteiger partial charge in [-0.25, -0.2) is 0 Å². The third-order valence-electron chi connectivity index (χ3n) is 3.88. The van der Waals surface area contributed by atoms with E-state index in [1.807, 2.05) is 7.05 Å². The van der Waals surface area contributed by atoms with Gasteiger partial charge < -0.3 is 10.2 Å². The van der Waals surface area contributed by atoms with Gasteiger partial charge in [-0.05, 0) is 50.6 Å². The summed E-state index contributed by atoms with van der Waals surface area (Å²) in [5.74, 6) is 0. The summed E-state index contributed by atoms with van der Waals surface area (Å²) in [5, 5.41) is 3.44. The highest BCUT2D eigenvalue weighted by atomic mass is 15.1. The molecule has 0 aliphatic carbocycles. The molecule has 1 unspecified atom stereocenters. The minimum absolute atomic E-state index is 0.349. The molecule has 21 heavy (non-hydrogen) atoms. The van der Waals surface area contributed by atoms with Gasteiger partial charge in [0.15, 0.2) is 0 Å². The van der Waals surface area contributed by atoms with Crippen LogP contribution in [0.15, 0.2) is 42.5 Å². The maximum Gasteiger partial charge on any atom is 0.0361 e. The van der Waals surface area contributed by atoms with E-state index in [0.717, 1.165) is 6.42 Å². The monoisotopic (exact) mass is 282 g/mol. The summed E-state index contributed by atoms with van der Waals surface area (Å²) in [6.45, 7) is 4.33. The molecule has 2 aromatic rings. The first-order valence-electron chi connectivity index (χ1n) is 7.51. The summed E-state index contributed by atoms with van der Waals surface area (Å²) in [4.78, 5) is 2.13. The summed E-state index contributed by atoms with van der Waals surface area (Å²) in [5.41, 5.74) is 6.64. The Hall–Kier alpha value is -1.80. The van der Waals surface area contributed by atoms with E-state index in [-0.39, 0.29) is 0 Å². The van der Waals surface area contributed by atoms with Gasteiger partial charge in [0, 0.05) is 25.8 Å². The number of benzene rings is 2. The molecule has 0 aromatic heterocycles. The standard InChI is InChI=1S/C19H26N2/c1-14-10-15(2)12-16(11-14)13-19(20-3)17-6-8-18(9-7-17)21(4)5/h6-12,19-20H,13H2,1-5H3. The van der Waals surface area contributed by atoms with E-state index in [1.165, 1.54) is 27.9 Å². The molecule has 2 heteroatoms. The zero-order valence-corrected chi connectivity index (χ0v) is 13.8. The van der Waals surface area contributed by atoms with Gasteiger partial charge in [-0.1, -0.05) is 41.5 Å². The highest BCUT2D eigenvalue weighted by Crippen LogP contribution is 2.22. The van der Waals surface area contributed by atoms with Crippen LogP contribution in [0.25, 0.3) is 0 Å². The van der Waals surface area contributed by atoms with Gasteiger partial charge in [0.1, 0.15) is 0 Å². The van der Waals surface area contributed by atoms with E-state index < -0.39 is 0 Å². The van der Waals surface area contributed by atoms with Crippen LogP contribution in [0.1, 0.15) is 28.3 Å². The van der Waals surface area contributed by atoms with Crippen molar-refractivity contribution in [1.29, 1.82) is 0 Å². The number of nitrogens with one attached hydrogen (secondary N) is 1. The number of anilines is 1. The maximum absolute atomic E-state index is 3.44. The molecule has 2 rings (SSSR count). The number of aryl methyl sites for hydroxylation is 2. The molecule has 0 aliphatic heterocycles. The van der Waals surface area contributed by atoms with Gasteiger partial charge in [0.05, 0.1) is 0 Å². The molecule has 0 heterocycles. The molecule has 1 N–H and O–H groups in total. The van der Waals surface area contributed by atoms with Gasteiger partial charge >= 0.3 is 0 Å². The van der Waals surface area contributed by atoms with Gasteiger partial charge in [0.25, 0.3) is 0 Å². The lowest BCUT2D eigenvalue weighted by atomic mass is 9.96.